The molecule has 10 heteroatoms. The molecule has 10 nitrogen and oxygen atoms in total. The molecular formula is C13H19N5O5. The normalized spacial score (nSPS) is 28.1. The summed E-state index contributed by atoms with van der Waals surface area (Å²) in [5.41, 5.74) is 5.91. The number of fused-ring (bicyclic) bond motifs is 1. The number of nitrogens with two attached hydrogens (primary N) is 1. The Morgan fingerprint density at radius 2 is 2.09 bits per heavy atom. The number of nitrogen functional groups attached to an aromatic ring is 1. The van der Waals surface area contributed by atoms with Gasteiger partial charge in [0.1, 0.15) is 29.6 Å². The third-order valence-corrected chi connectivity index (χ3v) is 3.99. The number of aromatic nitrogens is 4. The molecular weight excluding hydrogens is 306 g/mol. The van der Waals surface area contributed by atoms with Gasteiger partial charge in [-0.15, -0.1) is 0 Å². The quantitative estimate of drug-likeness (QED) is 0.525. The fourth-order valence-electron chi connectivity index (χ4n) is 2.80. The van der Waals surface area contributed by atoms with E-state index in [1.165, 1.54) is 15.5 Å². The average Bonchev–Trinajstić information content (AvgIpc) is 3.01. The molecule has 0 spiro atoms. The van der Waals surface area contributed by atoms with Gasteiger partial charge in [-0.3, -0.25) is 9.13 Å². The van der Waals surface area contributed by atoms with Gasteiger partial charge in [0, 0.05) is 6.04 Å². The van der Waals surface area contributed by atoms with Gasteiger partial charge in [0.15, 0.2) is 11.9 Å². The standard InChI is InChI=1S/C13H19N5O5/c1-5(2)18-10(14)7-11(16-13(18)22)17(4-15-7)12-9(21)8(20)6(3-19)23-12/h4-6,8-9,12,19-21H,3,14H2,1-2H3/t6-,8-,9-,12-/m1/s1. The predicted octanol–water partition coefficient (Wildman–Crippen LogP) is -1.63. The van der Waals surface area contributed by atoms with Gasteiger partial charge in [0.25, 0.3) is 0 Å². The largest absolute Gasteiger partial charge is 0.394 e. The fourth-order valence-corrected chi connectivity index (χ4v) is 2.80. The van der Waals surface area contributed by atoms with E-state index in [1.807, 2.05) is 0 Å². The van der Waals surface area contributed by atoms with Crippen molar-refractivity contribution in [3.05, 3.63) is 16.8 Å². The van der Waals surface area contributed by atoms with Gasteiger partial charge in [0.2, 0.25) is 0 Å². The predicted molar refractivity (Wildman–Crippen MR) is 79.6 cm³/mol. The van der Waals surface area contributed by atoms with Gasteiger partial charge in [-0.2, -0.15) is 4.98 Å². The van der Waals surface area contributed by atoms with Crippen LogP contribution in [0.3, 0.4) is 0 Å². The minimum atomic E-state index is -1.29. The molecule has 23 heavy (non-hydrogen) atoms. The lowest BCUT2D eigenvalue weighted by molar-refractivity contribution is -0.0511. The summed E-state index contributed by atoms with van der Waals surface area (Å²) in [7, 11) is 0. The van der Waals surface area contributed by atoms with E-state index in [0.29, 0.717) is 5.52 Å². The van der Waals surface area contributed by atoms with Crippen LogP contribution in [0.4, 0.5) is 5.82 Å². The first-order chi connectivity index (χ1) is 10.9. The molecule has 1 aliphatic rings. The van der Waals surface area contributed by atoms with E-state index in [1.54, 1.807) is 13.8 Å². The van der Waals surface area contributed by atoms with Crippen molar-refractivity contribution in [2.45, 2.75) is 44.4 Å². The van der Waals surface area contributed by atoms with Crippen LogP contribution < -0.4 is 11.4 Å². The SMILES string of the molecule is CC(C)n1c(N)c2ncn([C@@H]3O[C@H](CO)[C@@H](O)[C@H]3O)c2nc1=O. The van der Waals surface area contributed by atoms with Gasteiger partial charge >= 0.3 is 5.69 Å². The molecule has 0 bridgehead atoms. The van der Waals surface area contributed by atoms with E-state index in [4.69, 9.17) is 15.6 Å². The van der Waals surface area contributed by atoms with Crippen LogP contribution in [0.5, 0.6) is 0 Å². The van der Waals surface area contributed by atoms with Crippen molar-refractivity contribution in [3.8, 4) is 0 Å². The minimum absolute atomic E-state index is 0.152. The number of ether oxygens (including phenoxy) is 1. The Morgan fingerprint density at radius 3 is 2.65 bits per heavy atom. The second-order valence-electron chi connectivity index (χ2n) is 5.80. The highest BCUT2D eigenvalue weighted by molar-refractivity contribution is 5.81. The number of hydrogen-bond donors (Lipinski definition) is 4. The first-order valence-corrected chi connectivity index (χ1v) is 7.23. The van der Waals surface area contributed by atoms with Crippen molar-refractivity contribution in [3.63, 3.8) is 0 Å². The van der Waals surface area contributed by atoms with Gasteiger partial charge < -0.3 is 25.8 Å². The highest BCUT2D eigenvalue weighted by Gasteiger charge is 2.44. The zero-order chi connectivity index (χ0) is 16.9. The van der Waals surface area contributed by atoms with Crippen LogP contribution in [0.1, 0.15) is 26.1 Å². The molecule has 1 fully saturated rings. The van der Waals surface area contributed by atoms with Gasteiger partial charge in [-0.25, -0.2) is 9.78 Å². The van der Waals surface area contributed by atoms with E-state index in [-0.39, 0.29) is 17.5 Å². The summed E-state index contributed by atoms with van der Waals surface area (Å²) in [4.78, 5) is 20.3. The lowest BCUT2D eigenvalue weighted by Gasteiger charge is -2.17. The van der Waals surface area contributed by atoms with Crippen LogP contribution in [-0.2, 0) is 4.74 Å². The second-order valence-corrected chi connectivity index (χ2v) is 5.80. The van der Waals surface area contributed by atoms with E-state index >= 15 is 0 Å². The Bertz CT molecular complexity index is 785. The third kappa shape index (κ3) is 2.30. The Morgan fingerprint density at radius 1 is 1.39 bits per heavy atom. The smallest absolute Gasteiger partial charge is 0.351 e. The number of aliphatic hydroxyl groups is 3. The maximum Gasteiger partial charge on any atom is 0.351 e. The lowest BCUT2D eigenvalue weighted by atomic mass is 10.1. The summed E-state index contributed by atoms with van der Waals surface area (Å²) in [6, 6.07) is -0.182. The number of aliphatic hydroxyl groups excluding tert-OH is 3. The van der Waals surface area contributed by atoms with E-state index in [0.717, 1.165) is 0 Å². The highest BCUT2D eigenvalue weighted by Crippen LogP contribution is 2.31. The van der Waals surface area contributed by atoms with Crippen molar-refractivity contribution in [1.29, 1.82) is 0 Å². The van der Waals surface area contributed by atoms with Crippen LogP contribution in [0, 0.1) is 0 Å². The molecule has 2 aromatic rings. The number of hydrogen-bond acceptors (Lipinski definition) is 8. The zero-order valence-corrected chi connectivity index (χ0v) is 12.7. The highest BCUT2D eigenvalue weighted by atomic mass is 16.6. The number of imidazole rings is 1. The lowest BCUT2D eigenvalue weighted by Crippen LogP contribution is -2.33. The Hall–Kier alpha value is -2.01. The molecule has 0 aromatic carbocycles. The van der Waals surface area contributed by atoms with E-state index in [9.17, 15) is 15.0 Å². The molecule has 1 aliphatic heterocycles. The number of nitrogens with zero attached hydrogens (tertiary/aromatic N) is 4. The molecule has 126 valence electrons. The number of rotatable bonds is 3. The summed E-state index contributed by atoms with van der Waals surface area (Å²) in [5, 5.41) is 29.1. The Labute approximate surface area is 130 Å². The average molecular weight is 325 g/mol. The molecule has 0 unspecified atom stereocenters. The van der Waals surface area contributed by atoms with Gasteiger partial charge in [0.05, 0.1) is 12.9 Å². The van der Waals surface area contributed by atoms with Gasteiger partial charge in [-0.1, -0.05) is 0 Å². The minimum Gasteiger partial charge on any atom is -0.394 e. The molecule has 0 radical (unpaired) electrons. The molecule has 0 amide bonds. The van der Waals surface area contributed by atoms with Crippen LogP contribution in [0.15, 0.2) is 11.1 Å². The van der Waals surface area contributed by atoms with Crippen molar-refractivity contribution in [2.24, 2.45) is 0 Å². The van der Waals surface area contributed by atoms with Gasteiger partial charge in [-0.05, 0) is 13.8 Å². The van der Waals surface area contributed by atoms with Crippen molar-refractivity contribution in [2.75, 3.05) is 12.3 Å². The number of anilines is 1. The van der Waals surface area contributed by atoms with Crippen molar-refractivity contribution < 1.29 is 20.1 Å². The molecule has 1 saturated heterocycles. The van der Waals surface area contributed by atoms with Crippen LogP contribution in [0.2, 0.25) is 0 Å². The first-order valence-electron chi connectivity index (χ1n) is 7.23. The molecule has 4 atom stereocenters. The first kappa shape index (κ1) is 15.9. The summed E-state index contributed by atoms with van der Waals surface area (Å²) in [6.07, 6.45) is -3.16. The van der Waals surface area contributed by atoms with Crippen molar-refractivity contribution in [1.82, 2.24) is 19.1 Å². The van der Waals surface area contributed by atoms with Crippen LogP contribution in [0.25, 0.3) is 11.2 Å². The Kier molecular flexibility index (Phi) is 3.84. The third-order valence-electron chi connectivity index (χ3n) is 3.99. The maximum atomic E-state index is 12.2. The van der Waals surface area contributed by atoms with Crippen LogP contribution in [-0.4, -0.2) is 59.3 Å². The summed E-state index contributed by atoms with van der Waals surface area (Å²) in [6.45, 7) is 3.15. The molecule has 5 N–H and O–H groups in total. The maximum absolute atomic E-state index is 12.2. The molecule has 0 aliphatic carbocycles. The van der Waals surface area contributed by atoms with E-state index < -0.39 is 36.8 Å². The zero-order valence-electron chi connectivity index (χ0n) is 12.7. The summed E-state index contributed by atoms with van der Waals surface area (Å²) < 4.78 is 8.08. The second kappa shape index (κ2) is 5.57. The molecule has 0 saturated carbocycles. The molecule has 2 aromatic heterocycles. The molecule has 3 heterocycles. The Balaban J connectivity index is 2.13. The topological polar surface area (TPSA) is 149 Å². The fraction of sp³-hybridized carbons (Fsp3) is 0.615. The van der Waals surface area contributed by atoms with E-state index in [2.05, 4.69) is 9.97 Å². The van der Waals surface area contributed by atoms with Crippen molar-refractivity contribution >= 4 is 17.0 Å². The molecule has 3 rings (SSSR count). The summed E-state index contributed by atoms with van der Waals surface area (Å²) >= 11 is 0. The monoisotopic (exact) mass is 325 g/mol. The summed E-state index contributed by atoms with van der Waals surface area (Å²) in [5.74, 6) is 0.167. The van der Waals surface area contributed by atoms with Crippen LogP contribution >= 0.6 is 0 Å².